The molecule has 2 fully saturated rings. The van der Waals surface area contributed by atoms with Gasteiger partial charge in [-0.05, 0) is 37.7 Å². The van der Waals surface area contributed by atoms with Crippen molar-refractivity contribution in [2.75, 3.05) is 18.0 Å². The topological polar surface area (TPSA) is 101 Å². The highest BCUT2D eigenvalue weighted by Crippen LogP contribution is 2.47. The number of nitro groups is 1. The minimum atomic E-state index is -0.424. The third kappa shape index (κ3) is 2.64. The lowest BCUT2D eigenvalue weighted by molar-refractivity contribution is -0.385. The molecule has 120 valence electrons. The van der Waals surface area contributed by atoms with Gasteiger partial charge in [0.25, 0.3) is 5.69 Å². The summed E-state index contributed by atoms with van der Waals surface area (Å²) < 4.78 is 0. The number of anilines is 1. The number of H-pyrrole nitrogens is 1. The van der Waals surface area contributed by atoms with Crippen LogP contribution in [0, 0.1) is 28.9 Å². The van der Waals surface area contributed by atoms with E-state index in [1.165, 1.54) is 25.1 Å². The Morgan fingerprint density at radius 3 is 2.74 bits per heavy atom. The maximum Gasteiger partial charge on any atom is 0.287 e. The Hall–Kier alpha value is -2.51. The molecule has 0 bridgehead atoms. The van der Waals surface area contributed by atoms with E-state index in [9.17, 15) is 10.1 Å². The molecule has 0 aromatic carbocycles. The zero-order valence-electron chi connectivity index (χ0n) is 12.8. The highest BCUT2D eigenvalue weighted by atomic mass is 16.6. The van der Waals surface area contributed by atoms with E-state index in [1.54, 1.807) is 6.07 Å². The van der Waals surface area contributed by atoms with Gasteiger partial charge in [0.05, 0.1) is 4.92 Å². The fraction of sp³-hybridized carbons (Fsp3) is 0.533. The number of pyridine rings is 1. The van der Waals surface area contributed by atoms with Gasteiger partial charge in [0, 0.05) is 25.1 Å². The predicted octanol–water partition coefficient (Wildman–Crippen LogP) is 2.05. The lowest BCUT2D eigenvalue weighted by Gasteiger charge is -2.16. The van der Waals surface area contributed by atoms with Crippen LogP contribution in [0.25, 0.3) is 0 Å². The molecule has 2 atom stereocenters. The van der Waals surface area contributed by atoms with E-state index in [1.807, 2.05) is 6.92 Å². The zero-order chi connectivity index (χ0) is 16.0. The van der Waals surface area contributed by atoms with E-state index in [4.69, 9.17) is 0 Å². The van der Waals surface area contributed by atoms with E-state index in [0.29, 0.717) is 11.8 Å². The predicted molar refractivity (Wildman–Crippen MR) is 83.2 cm³/mol. The summed E-state index contributed by atoms with van der Waals surface area (Å²) >= 11 is 0. The lowest BCUT2D eigenvalue weighted by Crippen LogP contribution is -2.21. The average molecular weight is 314 g/mol. The van der Waals surface area contributed by atoms with Gasteiger partial charge in [-0.3, -0.25) is 15.2 Å². The molecule has 8 nitrogen and oxygen atoms in total. The first-order chi connectivity index (χ1) is 11.1. The second-order valence-electron chi connectivity index (χ2n) is 6.42. The monoisotopic (exact) mass is 314 g/mol. The molecule has 2 aliphatic rings. The van der Waals surface area contributed by atoms with Crippen molar-refractivity contribution < 1.29 is 4.92 Å². The Bertz CT molecular complexity index is 724. The molecule has 1 N–H and O–H groups in total. The van der Waals surface area contributed by atoms with Crippen molar-refractivity contribution in [3.05, 3.63) is 40.1 Å². The first-order valence-corrected chi connectivity index (χ1v) is 7.86. The van der Waals surface area contributed by atoms with E-state index in [2.05, 4.69) is 25.1 Å². The van der Waals surface area contributed by atoms with Gasteiger partial charge in [0.2, 0.25) is 0 Å². The number of aryl methyl sites for hydroxylation is 1. The quantitative estimate of drug-likeness (QED) is 0.684. The first kappa shape index (κ1) is 14.1. The number of aromatic nitrogens is 4. The van der Waals surface area contributed by atoms with E-state index >= 15 is 0 Å². The second-order valence-corrected chi connectivity index (χ2v) is 6.42. The number of rotatable bonds is 4. The molecule has 1 saturated carbocycles. The summed E-state index contributed by atoms with van der Waals surface area (Å²) in [4.78, 5) is 21.3. The third-order valence-electron chi connectivity index (χ3n) is 4.81. The van der Waals surface area contributed by atoms with E-state index in [0.717, 1.165) is 36.5 Å². The summed E-state index contributed by atoms with van der Waals surface area (Å²) in [5, 5.41) is 18.0. The van der Waals surface area contributed by atoms with Crippen LogP contribution in [0.5, 0.6) is 0 Å². The summed E-state index contributed by atoms with van der Waals surface area (Å²) in [5.41, 5.74) is 0.0211. The van der Waals surface area contributed by atoms with Crippen molar-refractivity contribution in [1.29, 1.82) is 0 Å². The van der Waals surface area contributed by atoms with Crippen molar-refractivity contribution in [3.63, 3.8) is 0 Å². The molecule has 3 heterocycles. The number of hydrogen-bond donors (Lipinski definition) is 1. The minimum Gasteiger partial charge on any atom is -0.356 e. The van der Waals surface area contributed by atoms with E-state index < -0.39 is 4.92 Å². The Morgan fingerprint density at radius 1 is 1.35 bits per heavy atom. The molecule has 2 aromatic rings. The molecule has 2 aromatic heterocycles. The fourth-order valence-electron chi connectivity index (χ4n) is 3.49. The Labute approximate surface area is 133 Å². The third-order valence-corrected chi connectivity index (χ3v) is 4.81. The number of nitrogens with zero attached hydrogens (tertiary/aromatic N) is 5. The largest absolute Gasteiger partial charge is 0.356 e. The van der Waals surface area contributed by atoms with Gasteiger partial charge < -0.3 is 4.90 Å². The Kier molecular flexibility index (Phi) is 3.24. The summed E-state index contributed by atoms with van der Waals surface area (Å²) in [6.07, 6.45) is 3.87. The van der Waals surface area contributed by atoms with Gasteiger partial charge in [-0.15, -0.1) is 0 Å². The molecule has 1 aliphatic heterocycles. The smallest absolute Gasteiger partial charge is 0.287 e. The lowest BCUT2D eigenvalue weighted by atomic mass is 9.91. The van der Waals surface area contributed by atoms with Gasteiger partial charge >= 0.3 is 0 Å². The molecule has 0 unspecified atom stereocenters. The molecule has 4 rings (SSSR count). The minimum absolute atomic E-state index is 0.0211. The van der Waals surface area contributed by atoms with Crippen molar-refractivity contribution in [2.24, 2.45) is 11.8 Å². The summed E-state index contributed by atoms with van der Waals surface area (Å²) in [6.45, 7) is 3.63. The highest BCUT2D eigenvalue weighted by Gasteiger charge is 2.44. The van der Waals surface area contributed by atoms with Crippen LogP contribution in [0.4, 0.5) is 11.5 Å². The van der Waals surface area contributed by atoms with Crippen LogP contribution < -0.4 is 4.90 Å². The number of hydrogen-bond acceptors (Lipinski definition) is 6. The van der Waals surface area contributed by atoms with Crippen LogP contribution in [0.15, 0.2) is 18.3 Å². The summed E-state index contributed by atoms with van der Waals surface area (Å²) in [6, 6.07) is 3.24. The maximum atomic E-state index is 10.8. The standard InChI is InChI=1S/C15H18N6O2/c1-9-17-15(19-18-9)13-8-20(7-12(13)10-2-3-10)14-5-4-11(6-16-14)21(22)23/h4-6,10,12-13H,2-3,7-8H2,1H3,(H,17,18,19)/t12-,13+/m0/s1. The van der Waals surface area contributed by atoms with Crippen molar-refractivity contribution in [3.8, 4) is 0 Å². The van der Waals surface area contributed by atoms with Crippen molar-refractivity contribution in [2.45, 2.75) is 25.7 Å². The molecule has 1 saturated heterocycles. The molecular weight excluding hydrogens is 296 g/mol. The summed E-state index contributed by atoms with van der Waals surface area (Å²) in [5.74, 6) is 4.06. The second kappa shape index (κ2) is 5.29. The highest BCUT2D eigenvalue weighted by molar-refractivity contribution is 5.45. The molecular formula is C15H18N6O2. The van der Waals surface area contributed by atoms with Crippen molar-refractivity contribution in [1.82, 2.24) is 20.2 Å². The molecule has 0 radical (unpaired) electrons. The zero-order valence-corrected chi connectivity index (χ0v) is 12.8. The number of aromatic amines is 1. The average Bonchev–Trinajstić information content (AvgIpc) is 3.15. The van der Waals surface area contributed by atoms with Crippen LogP contribution in [0.3, 0.4) is 0 Å². The maximum absolute atomic E-state index is 10.8. The van der Waals surface area contributed by atoms with Gasteiger partial charge in [-0.2, -0.15) is 5.10 Å². The van der Waals surface area contributed by atoms with E-state index in [-0.39, 0.29) is 5.69 Å². The molecule has 0 amide bonds. The Morgan fingerprint density at radius 2 is 2.17 bits per heavy atom. The van der Waals surface area contributed by atoms with Crippen LogP contribution in [-0.4, -0.2) is 38.2 Å². The van der Waals surface area contributed by atoms with Gasteiger partial charge in [0.1, 0.15) is 17.8 Å². The molecule has 0 spiro atoms. The number of nitrogens with one attached hydrogen (secondary N) is 1. The van der Waals surface area contributed by atoms with Crippen molar-refractivity contribution >= 4 is 11.5 Å². The Balaban J connectivity index is 1.57. The van der Waals surface area contributed by atoms with Crippen LogP contribution in [0.2, 0.25) is 0 Å². The fourth-order valence-corrected chi connectivity index (χ4v) is 3.49. The van der Waals surface area contributed by atoms with Crippen LogP contribution in [0.1, 0.15) is 30.4 Å². The van der Waals surface area contributed by atoms with Gasteiger partial charge in [-0.25, -0.2) is 9.97 Å². The van der Waals surface area contributed by atoms with Crippen LogP contribution >= 0.6 is 0 Å². The SMILES string of the molecule is Cc1nc([C@@H]2CN(c3ccc([N+](=O)[O-])cn3)C[C@H]2C2CC2)n[nH]1. The molecule has 8 heteroatoms. The first-order valence-electron chi connectivity index (χ1n) is 7.86. The van der Waals surface area contributed by atoms with Gasteiger partial charge in [-0.1, -0.05) is 0 Å². The van der Waals surface area contributed by atoms with Gasteiger partial charge in [0.15, 0.2) is 5.82 Å². The normalized spacial score (nSPS) is 24.1. The molecule has 1 aliphatic carbocycles. The van der Waals surface area contributed by atoms with Crippen LogP contribution in [-0.2, 0) is 0 Å². The summed E-state index contributed by atoms with van der Waals surface area (Å²) in [7, 11) is 0. The molecule has 23 heavy (non-hydrogen) atoms.